The van der Waals surface area contributed by atoms with Gasteiger partial charge in [0.15, 0.2) is 0 Å². The van der Waals surface area contributed by atoms with Gasteiger partial charge >= 0.3 is 0 Å². The first-order valence-corrected chi connectivity index (χ1v) is 11.0. The third-order valence-corrected chi connectivity index (χ3v) is 7.01. The van der Waals surface area contributed by atoms with Crippen LogP contribution in [0, 0.1) is 0 Å². The molecule has 0 aliphatic rings. The van der Waals surface area contributed by atoms with E-state index >= 15 is 0 Å². The summed E-state index contributed by atoms with van der Waals surface area (Å²) in [6.45, 7) is 0.124. The van der Waals surface area contributed by atoms with E-state index in [0.717, 1.165) is 31.6 Å². The van der Waals surface area contributed by atoms with Crippen molar-refractivity contribution in [2.24, 2.45) is 0 Å². The minimum Gasteiger partial charge on any atom is -0.464 e. The predicted octanol–water partition coefficient (Wildman–Crippen LogP) is 3.70. The van der Waals surface area contributed by atoms with Crippen LogP contribution in [-0.2, 0) is 27.8 Å². The molecule has 0 fully saturated rings. The summed E-state index contributed by atoms with van der Waals surface area (Å²) >= 11 is 0. The maximum absolute atomic E-state index is 12.6. The highest BCUT2D eigenvalue weighted by Gasteiger charge is 2.21. The Hall–Kier alpha value is -3.16. The standard InChI is InChI=1S/C23H22N2O4S/c1-25(2)30(27,28)21-10-6-4-8-17(21)14-24-22(26)13-18-15-29-20-12-11-16-7-3-5-9-19(16)23(18)20/h3-12,15H,13-14H2,1-2H3,(H,24,26). The van der Waals surface area contributed by atoms with E-state index in [0.29, 0.717) is 5.56 Å². The van der Waals surface area contributed by atoms with E-state index < -0.39 is 10.0 Å². The number of hydrogen-bond acceptors (Lipinski definition) is 4. The van der Waals surface area contributed by atoms with Gasteiger partial charge in [-0.15, -0.1) is 0 Å². The summed E-state index contributed by atoms with van der Waals surface area (Å²) in [5.41, 5.74) is 2.08. The summed E-state index contributed by atoms with van der Waals surface area (Å²) < 4.78 is 31.9. The number of amides is 1. The highest BCUT2D eigenvalue weighted by Crippen LogP contribution is 2.30. The highest BCUT2D eigenvalue weighted by atomic mass is 32.2. The van der Waals surface area contributed by atoms with Gasteiger partial charge in [0, 0.05) is 31.6 Å². The van der Waals surface area contributed by atoms with Gasteiger partial charge in [0.25, 0.3) is 0 Å². The molecule has 3 aromatic carbocycles. The zero-order valence-electron chi connectivity index (χ0n) is 16.8. The molecule has 1 N–H and O–H groups in total. The molecular formula is C23H22N2O4S. The number of carbonyl (C=O) groups excluding carboxylic acids is 1. The third-order valence-electron chi connectivity index (χ3n) is 5.10. The largest absolute Gasteiger partial charge is 0.464 e. The molecule has 0 radical (unpaired) electrons. The molecule has 154 valence electrons. The fraction of sp³-hybridized carbons (Fsp3) is 0.174. The number of fused-ring (bicyclic) bond motifs is 3. The minimum atomic E-state index is -3.59. The topological polar surface area (TPSA) is 79.6 Å². The van der Waals surface area contributed by atoms with E-state index in [1.807, 2.05) is 36.4 Å². The number of nitrogens with one attached hydrogen (secondary N) is 1. The highest BCUT2D eigenvalue weighted by molar-refractivity contribution is 7.89. The summed E-state index contributed by atoms with van der Waals surface area (Å²) in [5.74, 6) is -0.206. The molecule has 4 aromatic rings. The Bertz CT molecular complexity index is 1340. The molecule has 0 aliphatic carbocycles. The number of nitrogens with zero attached hydrogens (tertiary/aromatic N) is 1. The SMILES string of the molecule is CN(C)S(=O)(=O)c1ccccc1CNC(=O)Cc1coc2ccc3ccccc3c12. The first-order chi connectivity index (χ1) is 14.4. The van der Waals surface area contributed by atoms with E-state index in [2.05, 4.69) is 5.32 Å². The van der Waals surface area contributed by atoms with Crippen LogP contribution in [0.1, 0.15) is 11.1 Å². The minimum absolute atomic E-state index is 0.124. The molecule has 0 bridgehead atoms. The quantitative estimate of drug-likeness (QED) is 0.514. The fourth-order valence-electron chi connectivity index (χ4n) is 3.53. The van der Waals surface area contributed by atoms with Gasteiger partial charge in [-0.05, 0) is 28.5 Å². The number of carbonyl (C=O) groups is 1. The normalized spacial score (nSPS) is 12.0. The summed E-state index contributed by atoms with van der Waals surface area (Å²) in [6.07, 6.45) is 1.75. The molecule has 0 saturated carbocycles. The van der Waals surface area contributed by atoms with Crippen molar-refractivity contribution in [3.05, 3.63) is 78.1 Å². The lowest BCUT2D eigenvalue weighted by atomic mass is 10.0. The van der Waals surface area contributed by atoms with Crippen LogP contribution in [0.2, 0.25) is 0 Å². The lowest BCUT2D eigenvalue weighted by Gasteiger charge is -2.15. The molecule has 1 aromatic heterocycles. The molecule has 1 heterocycles. The monoisotopic (exact) mass is 422 g/mol. The third kappa shape index (κ3) is 3.69. The molecule has 30 heavy (non-hydrogen) atoms. The molecule has 4 rings (SSSR count). The van der Waals surface area contributed by atoms with E-state index in [1.165, 1.54) is 14.1 Å². The maximum Gasteiger partial charge on any atom is 0.242 e. The molecule has 0 spiro atoms. The second kappa shape index (κ2) is 7.93. The molecular weight excluding hydrogens is 400 g/mol. The summed E-state index contributed by atoms with van der Waals surface area (Å²) in [6, 6.07) is 18.5. The predicted molar refractivity (Wildman–Crippen MR) is 117 cm³/mol. The van der Waals surface area contributed by atoms with Gasteiger partial charge in [0.1, 0.15) is 5.58 Å². The summed E-state index contributed by atoms with van der Waals surface area (Å²) in [4.78, 5) is 12.8. The average Bonchev–Trinajstić information content (AvgIpc) is 3.15. The van der Waals surface area contributed by atoms with Crippen LogP contribution in [-0.4, -0.2) is 32.7 Å². The molecule has 0 aliphatic heterocycles. The smallest absolute Gasteiger partial charge is 0.242 e. The molecule has 0 saturated heterocycles. The van der Waals surface area contributed by atoms with Crippen molar-refractivity contribution >= 4 is 37.7 Å². The maximum atomic E-state index is 12.6. The Kier molecular flexibility index (Phi) is 5.32. The molecule has 1 amide bonds. The van der Waals surface area contributed by atoms with Crippen molar-refractivity contribution in [3.63, 3.8) is 0 Å². The van der Waals surface area contributed by atoms with Crippen LogP contribution in [0.4, 0.5) is 0 Å². The van der Waals surface area contributed by atoms with Gasteiger partial charge in [-0.1, -0.05) is 48.5 Å². The second-order valence-corrected chi connectivity index (χ2v) is 9.39. The average molecular weight is 423 g/mol. The molecule has 0 unspecified atom stereocenters. The fourth-order valence-corrected chi connectivity index (χ4v) is 4.65. The Morgan fingerprint density at radius 2 is 1.70 bits per heavy atom. The van der Waals surface area contributed by atoms with Gasteiger partial charge < -0.3 is 9.73 Å². The number of hydrogen-bond donors (Lipinski definition) is 1. The lowest BCUT2D eigenvalue weighted by molar-refractivity contribution is -0.120. The Balaban J connectivity index is 1.56. The number of furan rings is 1. The van der Waals surface area contributed by atoms with E-state index in [4.69, 9.17) is 4.42 Å². The van der Waals surface area contributed by atoms with Crippen LogP contribution in [0.5, 0.6) is 0 Å². The zero-order valence-corrected chi connectivity index (χ0v) is 17.6. The van der Waals surface area contributed by atoms with Gasteiger partial charge in [-0.3, -0.25) is 4.79 Å². The van der Waals surface area contributed by atoms with E-state index in [-0.39, 0.29) is 23.8 Å². The van der Waals surface area contributed by atoms with Crippen LogP contribution < -0.4 is 5.32 Å². The number of rotatable bonds is 6. The Morgan fingerprint density at radius 3 is 2.50 bits per heavy atom. The van der Waals surface area contributed by atoms with E-state index in [9.17, 15) is 13.2 Å². The van der Waals surface area contributed by atoms with Crippen molar-refractivity contribution < 1.29 is 17.6 Å². The van der Waals surface area contributed by atoms with Crippen LogP contribution in [0.15, 0.2) is 76.2 Å². The second-order valence-electron chi connectivity index (χ2n) is 7.27. The number of benzene rings is 3. The van der Waals surface area contributed by atoms with Gasteiger partial charge in [-0.2, -0.15) is 0 Å². The van der Waals surface area contributed by atoms with Crippen molar-refractivity contribution in [1.82, 2.24) is 9.62 Å². The van der Waals surface area contributed by atoms with Gasteiger partial charge in [0.2, 0.25) is 15.9 Å². The molecule has 6 nitrogen and oxygen atoms in total. The van der Waals surface area contributed by atoms with Gasteiger partial charge in [0.05, 0.1) is 17.6 Å². The Morgan fingerprint density at radius 1 is 0.967 bits per heavy atom. The number of sulfonamides is 1. The van der Waals surface area contributed by atoms with Crippen molar-refractivity contribution in [2.45, 2.75) is 17.9 Å². The first-order valence-electron chi connectivity index (χ1n) is 9.53. The Labute approximate surface area is 175 Å². The van der Waals surface area contributed by atoms with Gasteiger partial charge in [-0.25, -0.2) is 12.7 Å². The lowest BCUT2D eigenvalue weighted by Crippen LogP contribution is -2.27. The van der Waals surface area contributed by atoms with Crippen molar-refractivity contribution in [3.8, 4) is 0 Å². The van der Waals surface area contributed by atoms with Crippen molar-refractivity contribution in [2.75, 3.05) is 14.1 Å². The molecule has 7 heteroatoms. The van der Waals surface area contributed by atoms with Crippen molar-refractivity contribution in [1.29, 1.82) is 0 Å². The zero-order chi connectivity index (χ0) is 21.3. The summed E-state index contributed by atoms with van der Waals surface area (Å²) in [5, 5.41) is 5.88. The van der Waals surface area contributed by atoms with E-state index in [1.54, 1.807) is 30.5 Å². The van der Waals surface area contributed by atoms with Crippen LogP contribution in [0.3, 0.4) is 0 Å². The first kappa shape index (κ1) is 20.1. The summed E-state index contributed by atoms with van der Waals surface area (Å²) in [7, 11) is -0.621. The van der Waals surface area contributed by atoms with Crippen LogP contribution >= 0.6 is 0 Å². The van der Waals surface area contributed by atoms with Crippen LogP contribution in [0.25, 0.3) is 21.7 Å². The molecule has 0 atom stereocenters.